The average Bonchev–Trinajstić information content (AvgIpc) is 3.88. The average molecular weight is 1010 g/mol. The highest BCUT2D eigenvalue weighted by Gasteiger charge is 2.41. The number of nitro benzene ring substituents is 1. The molecule has 0 aliphatic carbocycles. The van der Waals surface area contributed by atoms with E-state index in [4.69, 9.17) is 16.1 Å². The van der Waals surface area contributed by atoms with Crippen LogP contribution in [-0.4, -0.2) is 94.8 Å². The van der Waals surface area contributed by atoms with Crippen LogP contribution >= 0.6 is 30.9 Å². The topological polar surface area (TPSA) is 121 Å². The summed E-state index contributed by atoms with van der Waals surface area (Å²) in [7, 11) is -3.38. The molecule has 0 N–H and O–H groups in total. The fourth-order valence-corrected chi connectivity index (χ4v) is 14.3. The summed E-state index contributed by atoms with van der Waals surface area (Å²) in [4.78, 5) is 20.0. The number of sulfone groups is 1. The molecule has 17 heteroatoms. The summed E-state index contributed by atoms with van der Waals surface area (Å²) in [5, 5.41) is 13.4. The zero-order valence-corrected chi connectivity index (χ0v) is 43.1. The number of anilines is 3. The number of piperazine rings is 1. The smallest absolute Gasteiger partial charge is 0.326 e. The SMILES string of the molecule is Cc1c(S(C)(=O)=O)c(-c2cc(F)cc(N3CCN(c4ccc(N5CCO[P@@]5(=O)c5ccc(C[C@H](CCN(C)C)CSc6ccccc6)c([N+](=O)[O-])c5)cc4)CC3)c2)c(-c2ccc(Cl)cc2)n1C(C)C. The molecule has 0 saturated carbocycles. The van der Waals surface area contributed by atoms with Crippen molar-refractivity contribution in [2.45, 2.75) is 49.4 Å². The molecule has 2 aliphatic heterocycles. The molecule has 364 valence electrons. The van der Waals surface area contributed by atoms with E-state index in [1.54, 1.807) is 47.6 Å². The Morgan fingerprint density at radius 3 is 2.13 bits per heavy atom. The monoisotopic (exact) mass is 1010 g/mol. The van der Waals surface area contributed by atoms with Gasteiger partial charge in [-0.1, -0.05) is 48.0 Å². The van der Waals surface area contributed by atoms with Crippen molar-refractivity contribution in [3.63, 3.8) is 0 Å². The third kappa shape index (κ3) is 11.1. The van der Waals surface area contributed by atoms with Crippen molar-refractivity contribution in [2.75, 3.05) is 86.4 Å². The number of thioether (sulfide) groups is 1. The summed E-state index contributed by atoms with van der Waals surface area (Å²) < 4.78 is 67.4. The van der Waals surface area contributed by atoms with Crippen molar-refractivity contribution in [1.29, 1.82) is 0 Å². The Hall–Kier alpha value is -5.15. The van der Waals surface area contributed by atoms with E-state index in [1.807, 2.05) is 93.2 Å². The molecular weight excluding hydrogens is 954 g/mol. The number of hydrogen-bond donors (Lipinski definition) is 0. The summed E-state index contributed by atoms with van der Waals surface area (Å²) in [5.41, 5.74) is 5.83. The van der Waals surface area contributed by atoms with Gasteiger partial charge in [0.05, 0.1) is 34.0 Å². The number of halogens is 2. The van der Waals surface area contributed by atoms with Crippen LogP contribution in [0, 0.1) is 28.8 Å². The lowest BCUT2D eigenvalue weighted by molar-refractivity contribution is -0.385. The Labute approximate surface area is 414 Å². The second-order valence-electron chi connectivity index (χ2n) is 18.4. The highest BCUT2D eigenvalue weighted by Crippen LogP contribution is 2.56. The van der Waals surface area contributed by atoms with Crippen molar-refractivity contribution >= 4 is 68.8 Å². The fraction of sp³-hybridized carbons (Fsp3) is 0.346. The number of hydrogen-bond acceptors (Lipinski definition) is 10. The molecular formula is C52H59ClFN6O6PS2. The molecule has 2 fully saturated rings. The molecule has 5 aromatic carbocycles. The highest BCUT2D eigenvalue weighted by molar-refractivity contribution is 7.99. The maximum atomic E-state index is 15.8. The third-order valence-electron chi connectivity index (χ3n) is 12.9. The second-order valence-corrected chi connectivity index (χ2v) is 24.2. The first-order chi connectivity index (χ1) is 32.9. The molecule has 0 amide bonds. The van der Waals surface area contributed by atoms with Gasteiger partial charge in [0.15, 0.2) is 9.84 Å². The molecule has 0 spiro atoms. The van der Waals surface area contributed by atoms with Crippen LogP contribution in [0.3, 0.4) is 0 Å². The summed E-state index contributed by atoms with van der Waals surface area (Å²) in [6, 6.07) is 34.8. The first-order valence-electron chi connectivity index (χ1n) is 23.2. The minimum Gasteiger partial charge on any atom is -0.368 e. The maximum Gasteiger partial charge on any atom is 0.326 e. The summed E-state index contributed by atoms with van der Waals surface area (Å²) in [6.07, 6.45) is 2.59. The zero-order valence-electron chi connectivity index (χ0n) is 39.8. The van der Waals surface area contributed by atoms with Crippen LogP contribution in [0.4, 0.5) is 27.1 Å². The Morgan fingerprint density at radius 1 is 0.855 bits per heavy atom. The number of rotatable bonds is 17. The largest absolute Gasteiger partial charge is 0.368 e. The first kappa shape index (κ1) is 50.2. The molecule has 0 radical (unpaired) electrons. The molecule has 3 heterocycles. The van der Waals surface area contributed by atoms with Crippen LogP contribution < -0.4 is 19.8 Å². The quantitative estimate of drug-likeness (QED) is 0.0376. The fourth-order valence-electron chi connectivity index (χ4n) is 9.65. The van der Waals surface area contributed by atoms with Crippen LogP contribution in [0.1, 0.15) is 37.6 Å². The van der Waals surface area contributed by atoms with Gasteiger partial charge in [-0.2, -0.15) is 0 Å². The van der Waals surface area contributed by atoms with Crippen LogP contribution in [0.15, 0.2) is 125 Å². The van der Waals surface area contributed by atoms with E-state index in [0.29, 0.717) is 88.9 Å². The minimum atomic E-state index is -3.75. The van der Waals surface area contributed by atoms with Gasteiger partial charge >= 0.3 is 7.52 Å². The van der Waals surface area contributed by atoms with Crippen LogP contribution in [-0.2, 0) is 25.3 Å². The standard InChI is InChI=1S/C52H59ClFN6O6PS2/c1-36(2)59-37(3)52(69(6,64)65)50(51(59)39-12-15-42(53)16-13-39)41-31-43(54)33-46(32-41)57-26-24-56(25-27-57)44-17-19-45(20-18-44)58-28-29-66-67(58,63)47-21-14-40(49(34-47)60(61)62)30-38(22-23-55(4)5)35-68-48-10-8-7-9-11-48/h7-21,31-34,36,38H,22-30,35H2,1-6H3/t38-,67-/m0/s1. The Bertz CT molecular complexity index is 2970. The zero-order chi connectivity index (χ0) is 49.2. The molecule has 2 atom stereocenters. The Kier molecular flexibility index (Phi) is 15.3. The first-order valence-corrected chi connectivity index (χ1v) is 28.0. The van der Waals surface area contributed by atoms with Crippen molar-refractivity contribution in [1.82, 2.24) is 9.47 Å². The van der Waals surface area contributed by atoms with Gasteiger partial charge in [0, 0.05) is 94.1 Å². The van der Waals surface area contributed by atoms with E-state index >= 15 is 4.39 Å². The van der Waals surface area contributed by atoms with Crippen molar-refractivity contribution in [2.24, 2.45) is 5.92 Å². The molecule has 2 saturated heterocycles. The molecule has 1 aromatic heterocycles. The van der Waals surface area contributed by atoms with Crippen molar-refractivity contribution in [3.8, 4) is 22.4 Å². The van der Waals surface area contributed by atoms with Gasteiger partial charge in [0.1, 0.15) is 5.82 Å². The minimum absolute atomic E-state index is 0.0524. The predicted molar refractivity (Wildman–Crippen MR) is 281 cm³/mol. The lowest BCUT2D eigenvalue weighted by Gasteiger charge is -2.37. The molecule has 0 bridgehead atoms. The Balaban J connectivity index is 0.987. The van der Waals surface area contributed by atoms with E-state index in [-0.39, 0.29) is 34.1 Å². The van der Waals surface area contributed by atoms with Crippen LogP contribution in [0.5, 0.6) is 0 Å². The number of aromatic nitrogens is 1. The van der Waals surface area contributed by atoms with Crippen molar-refractivity contribution in [3.05, 3.63) is 147 Å². The lowest BCUT2D eigenvalue weighted by atomic mass is 9.96. The summed E-state index contributed by atoms with van der Waals surface area (Å²) in [5.74, 6) is 0.518. The molecule has 2 aliphatic rings. The Morgan fingerprint density at radius 2 is 1.51 bits per heavy atom. The molecule has 0 unspecified atom stereocenters. The highest BCUT2D eigenvalue weighted by atomic mass is 35.5. The van der Waals surface area contributed by atoms with Crippen LogP contribution in [0.25, 0.3) is 22.4 Å². The van der Waals surface area contributed by atoms with E-state index in [1.165, 1.54) is 24.5 Å². The van der Waals surface area contributed by atoms with E-state index in [0.717, 1.165) is 34.9 Å². The van der Waals surface area contributed by atoms with Gasteiger partial charge in [-0.15, -0.1) is 11.8 Å². The van der Waals surface area contributed by atoms with Gasteiger partial charge in [-0.25, -0.2) is 12.8 Å². The van der Waals surface area contributed by atoms with Gasteiger partial charge in [-0.05, 0) is 144 Å². The van der Waals surface area contributed by atoms with E-state index in [2.05, 4.69) is 26.8 Å². The van der Waals surface area contributed by atoms with Crippen LogP contribution in [0.2, 0.25) is 5.02 Å². The summed E-state index contributed by atoms with van der Waals surface area (Å²) >= 11 is 8.02. The number of benzene rings is 5. The predicted octanol–water partition coefficient (Wildman–Crippen LogP) is 11.4. The second kappa shape index (κ2) is 21.1. The van der Waals surface area contributed by atoms with Gasteiger partial charge in [0.2, 0.25) is 0 Å². The van der Waals surface area contributed by atoms with Crippen molar-refractivity contribution < 1.29 is 26.8 Å². The van der Waals surface area contributed by atoms with E-state index < -0.39 is 23.2 Å². The maximum absolute atomic E-state index is 15.8. The number of nitro groups is 1. The molecule has 69 heavy (non-hydrogen) atoms. The molecule has 8 rings (SSSR count). The van der Waals surface area contributed by atoms with E-state index in [9.17, 15) is 23.1 Å². The van der Waals surface area contributed by atoms with Gasteiger partial charge in [-0.3, -0.25) is 19.3 Å². The normalized spacial score (nSPS) is 17.0. The lowest BCUT2D eigenvalue weighted by Crippen LogP contribution is -2.46. The van der Waals surface area contributed by atoms with Gasteiger partial charge < -0.3 is 23.8 Å². The van der Waals surface area contributed by atoms with Gasteiger partial charge in [0.25, 0.3) is 5.69 Å². The molecule has 12 nitrogen and oxygen atoms in total. The molecule has 6 aromatic rings. The third-order valence-corrected chi connectivity index (χ3v) is 18.2. The summed E-state index contributed by atoms with van der Waals surface area (Å²) in [6.45, 7) is 9.62. The number of nitrogens with zero attached hydrogens (tertiary/aromatic N) is 6.